The monoisotopic (exact) mass is 208 g/mol. The lowest BCUT2D eigenvalue weighted by Crippen LogP contribution is -2.05. The first-order chi connectivity index (χ1) is 7.24. The van der Waals surface area contributed by atoms with E-state index in [1.54, 1.807) is 0 Å². The molecule has 3 heteroatoms. The average molecular weight is 208 g/mol. The Kier molecular flexibility index (Phi) is 4.84. The molecule has 0 aromatic heterocycles. The highest BCUT2D eigenvalue weighted by Gasteiger charge is 2.05. The van der Waals surface area contributed by atoms with Crippen LogP contribution in [0.25, 0.3) is 0 Å². The molecule has 0 saturated carbocycles. The number of hydrogen-bond donors (Lipinski definition) is 1. The van der Waals surface area contributed by atoms with Gasteiger partial charge in [-0.2, -0.15) is 0 Å². The van der Waals surface area contributed by atoms with Gasteiger partial charge in [0.25, 0.3) is 0 Å². The zero-order valence-electron chi connectivity index (χ0n) is 8.90. The summed E-state index contributed by atoms with van der Waals surface area (Å²) in [5.74, 6) is -0.807. The van der Waals surface area contributed by atoms with Crippen molar-refractivity contribution in [3.63, 3.8) is 0 Å². The zero-order chi connectivity index (χ0) is 11.1. The molecule has 1 aromatic carbocycles. The summed E-state index contributed by atoms with van der Waals surface area (Å²) >= 11 is 0. The van der Waals surface area contributed by atoms with Crippen molar-refractivity contribution >= 4 is 5.97 Å². The van der Waals surface area contributed by atoms with Gasteiger partial charge in [0.15, 0.2) is 0 Å². The van der Waals surface area contributed by atoms with Crippen molar-refractivity contribution in [3.05, 3.63) is 35.4 Å². The van der Waals surface area contributed by atoms with Gasteiger partial charge in [0, 0.05) is 6.61 Å². The lowest BCUT2D eigenvalue weighted by molar-refractivity contribution is -0.136. The largest absolute Gasteiger partial charge is 0.481 e. The first-order valence-corrected chi connectivity index (χ1v) is 5.10. The van der Waals surface area contributed by atoms with Gasteiger partial charge in [-0.15, -0.1) is 0 Å². The molecule has 0 aliphatic rings. The third-order valence-electron chi connectivity index (χ3n) is 2.07. The van der Waals surface area contributed by atoms with E-state index in [2.05, 4.69) is 0 Å². The molecule has 0 unspecified atom stereocenters. The van der Waals surface area contributed by atoms with Crippen LogP contribution in [0.3, 0.4) is 0 Å². The van der Waals surface area contributed by atoms with Crippen LogP contribution in [0, 0.1) is 0 Å². The molecule has 0 fully saturated rings. The molecule has 1 rings (SSSR count). The number of ether oxygens (including phenoxy) is 1. The predicted molar refractivity (Wildman–Crippen MR) is 57.7 cm³/mol. The molecule has 0 heterocycles. The first-order valence-electron chi connectivity index (χ1n) is 5.10. The number of benzene rings is 1. The topological polar surface area (TPSA) is 46.5 Å². The number of hydrogen-bond acceptors (Lipinski definition) is 2. The Morgan fingerprint density at radius 3 is 2.60 bits per heavy atom. The van der Waals surface area contributed by atoms with Crippen molar-refractivity contribution < 1.29 is 14.6 Å². The molecular weight excluding hydrogens is 192 g/mol. The smallest absolute Gasteiger partial charge is 0.307 e. The molecule has 0 aliphatic heterocycles. The summed E-state index contributed by atoms with van der Waals surface area (Å²) in [5.41, 5.74) is 1.80. The van der Waals surface area contributed by atoms with E-state index < -0.39 is 5.97 Å². The van der Waals surface area contributed by atoms with Crippen LogP contribution in [0.1, 0.15) is 24.5 Å². The lowest BCUT2D eigenvalue weighted by Gasteiger charge is -2.07. The molecule has 0 saturated heterocycles. The van der Waals surface area contributed by atoms with Crippen molar-refractivity contribution in [1.82, 2.24) is 0 Å². The van der Waals surface area contributed by atoms with E-state index >= 15 is 0 Å². The molecule has 3 nitrogen and oxygen atoms in total. The highest BCUT2D eigenvalue weighted by atomic mass is 16.5. The molecule has 0 spiro atoms. The second kappa shape index (κ2) is 6.19. The third-order valence-corrected chi connectivity index (χ3v) is 2.07. The summed E-state index contributed by atoms with van der Waals surface area (Å²) < 4.78 is 5.40. The number of aliphatic carboxylic acids is 1. The SMILES string of the molecule is CCCOCc1ccccc1CC(=O)O. The van der Waals surface area contributed by atoms with Crippen LogP contribution >= 0.6 is 0 Å². The van der Waals surface area contributed by atoms with Crippen molar-refractivity contribution in [1.29, 1.82) is 0 Å². The Hall–Kier alpha value is -1.35. The van der Waals surface area contributed by atoms with E-state index in [0.717, 1.165) is 17.5 Å². The van der Waals surface area contributed by atoms with Gasteiger partial charge in [0.05, 0.1) is 13.0 Å². The zero-order valence-corrected chi connectivity index (χ0v) is 8.90. The van der Waals surface area contributed by atoms with Gasteiger partial charge in [-0.3, -0.25) is 4.79 Å². The highest BCUT2D eigenvalue weighted by molar-refractivity contribution is 5.70. The Morgan fingerprint density at radius 2 is 2.00 bits per heavy atom. The van der Waals surface area contributed by atoms with Crippen LogP contribution in [0.4, 0.5) is 0 Å². The number of carboxylic acid groups (broad SMARTS) is 1. The molecule has 0 radical (unpaired) electrons. The minimum Gasteiger partial charge on any atom is -0.481 e. The summed E-state index contributed by atoms with van der Waals surface area (Å²) in [6.07, 6.45) is 1.03. The molecule has 1 N–H and O–H groups in total. The number of rotatable bonds is 6. The van der Waals surface area contributed by atoms with E-state index in [0.29, 0.717) is 13.2 Å². The van der Waals surface area contributed by atoms with Gasteiger partial charge >= 0.3 is 5.97 Å². The third kappa shape index (κ3) is 4.13. The quantitative estimate of drug-likeness (QED) is 0.729. The Bertz CT molecular complexity index is 320. The van der Waals surface area contributed by atoms with Gasteiger partial charge in [-0.05, 0) is 17.5 Å². The second-order valence-corrected chi connectivity index (χ2v) is 3.39. The van der Waals surface area contributed by atoms with Crippen LogP contribution in [0.2, 0.25) is 0 Å². The van der Waals surface area contributed by atoms with Crippen LogP contribution in [0.5, 0.6) is 0 Å². The van der Waals surface area contributed by atoms with Gasteiger partial charge in [0.2, 0.25) is 0 Å². The second-order valence-electron chi connectivity index (χ2n) is 3.39. The normalized spacial score (nSPS) is 10.2. The molecule has 15 heavy (non-hydrogen) atoms. The van der Waals surface area contributed by atoms with E-state index in [1.807, 2.05) is 31.2 Å². The summed E-state index contributed by atoms with van der Waals surface area (Å²) in [6.45, 7) is 3.25. The Labute approximate surface area is 89.7 Å². The summed E-state index contributed by atoms with van der Waals surface area (Å²) in [4.78, 5) is 10.6. The molecule has 0 amide bonds. The lowest BCUT2D eigenvalue weighted by atomic mass is 10.1. The summed E-state index contributed by atoms with van der Waals surface area (Å²) in [6, 6.07) is 7.49. The van der Waals surface area contributed by atoms with Gasteiger partial charge in [-0.1, -0.05) is 31.2 Å². The van der Waals surface area contributed by atoms with Crippen LogP contribution in [-0.4, -0.2) is 17.7 Å². The van der Waals surface area contributed by atoms with Gasteiger partial charge in [0.1, 0.15) is 0 Å². The van der Waals surface area contributed by atoms with E-state index in [1.165, 1.54) is 0 Å². The van der Waals surface area contributed by atoms with Crippen molar-refractivity contribution in [2.45, 2.75) is 26.4 Å². The fourth-order valence-corrected chi connectivity index (χ4v) is 1.36. The van der Waals surface area contributed by atoms with Gasteiger partial charge in [-0.25, -0.2) is 0 Å². The summed E-state index contributed by atoms with van der Waals surface area (Å²) in [5, 5.41) is 8.72. The molecule has 0 aliphatic carbocycles. The number of carbonyl (C=O) groups is 1. The number of carboxylic acids is 1. The van der Waals surface area contributed by atoms with Crippen molar-refractivity contribution in [3.8, 4) is 0 Å². The molecule has 0 atom stereocenters. The maximum absolute atomic E-state index is 10.6. The van der Waals surface area contributed by atoms with Crippen LogP contribution in [-0.2, 0) is 22.6 Å². The highest BCUT2D eigenvalue weighted by Crippen LogP contribution is 2.11. The van der Waals surface area contributed by atoms with Crippen LogP contribution in [0.15, 0.2) is 24.3 Å². The van der Waals surface area contributed by atoms with Crippen LogP contribution < -0.4 is 0 Å². The van der Waals surface area contributed by atoms with Crippen molar-refractivity contribution in [2.75, 3.05) is 6.61 Å². The van der Waals surface area contributed by atoms with Gasteiger partial charge < -0.3 is 9.84 Å². The average Bonchev–Trinajstić information content (AvgIpc) is 2.20. The predicted octanol–water partition coefficient (Wildman–Crippen LogP) is 2.24. The molecular formula is C12H16O3. The summed E-state index contributed by atoms with van der Waals surface area (Å²) in [7, 11) is 0. The molecule has 1 aromatic rings. The van der Waals surface area contributed by atoms with Crippen molar-refractivity contribution in [2.24, 2.45) is 0 Å². The fourth-order valence-electron chi connectivity index (χ4n) is 1.36. The maximum atomic E-state index is 10.6. The molecule has 82 valence electrons. The Balaban J connectivity index is 2.64. The van der Waals surface area contributed by atoms with E-state index in [4.69, 9.17) is 9.84 Å². The van der Waals surface area contributed by atoms with E-state index in [-0.39, 0.29) is 6.42 Å². The van der Waals surface area contributed by atoms with E-state index in [9.17, 15) is 4.79 Å². The standard InChI is InChI=1S/C12H16O3/c1-2-7-15-9-11-6-4-3-5-10(11)8-12(13)14/h3-6H,2,7-9H2,1H3,(H,13,14). The minimum atomic E-state index is -0.807. The fraction of sp³-hybridized carbons (Fsp3) is 0.417. The Morgan fingerprint density at radius 1 is 1.33 bits per heavy atom. The minimum absolute atomic E-state index is 0.0612. The molecule has 0 bridgehead atoms. The maximum Gasteiger partial charge on any atom is 0.307 e. The first kappa shape index (κ1) is 11.7.